The van der Waals surface area contributed by atoms with Gasteiger partial charge in [0.2, 0.25) is 5.91 Å². The average Bonchev–Trinajstić information content (AvgIpc) is 2.93. The minimum absolute atomic E-state index is 0.0399. The first-order chi connectivity index (χ1) is 9.73. The average molecular weight is 270 g/mol. The van der Waals surface area contributed by atoms with Gasteiger partial charge in [-0.25, -0.2) is 4.68 Å². The van der Waals surface area contributed by atoms with E-state index in [4.69, 9.17) is 5.73 Å². The number of nitrogens with two attached hydrogens (primary N) is 1. The van der Waals surface area contributed by atoms with E-state index in [0.29, 0.717) is 6.54 Å². The zero-order valence-electron chi connectivity index (χ0n) is 11.2. The van der Waals surface area contributed by atoms with Crippen LogP contribution in [-0.4, -0.2) is 22.2 Å². The van der Waals surface area contributed by atoms with E-state index in [-0.39, 0.29) is 11.3 Å². The molecule has 1 heterocycles. The summed E-state index contributed by atoms with van der Waals surface area (Å²) in [7, 11) is 0. The molecule has 1 saturated carbocycles. The summed E-state index contributed by atoms with van der Waals surface area (Å²) in [6.07, 6.45) is 6.48. The zero-order chi connectivity index (χ0) is 14.0. The third-order valence-corrected chi connectivity index (χ3v) is 4.08. The summed E-state index contributed by atoms with van der Waals surface area (Å²) in [5.41, 5.74) is 7.15. The highest BCUT2D eigenvalue weighted by Gasteiger charge is 2.42. The fraction of sp³-hybridized carbons (Fsp3) is 0.333. The van der Waals surface area contributed by atoms with Crippen LogP contribution in [0, 0.1) is 5.41 Å². The van der Waals surface area contributed by atoms with Gasteiger partial charge in [0.1, 0.15) is 0 Å². The van der Waals surface area contributed by atoms with Crippen LogP contribution in [0.2, 0.25) is 0 Å². The normalized spacial score (nSPS) is 16.4. The van der Waals surface area contributed by atoms with Crippen LogP contribution in [0.15, 0.2) is 42.7 Å². The van der Waals surface area contributed by atoms with Gasteiger partial charge in [-0.3, -0.25) is 4.79 Å². The number of nitrogens with zero attached hydrogens (tertiary/aromatic N) is 2. The van der Waals surface area contributed by atoms with E-state index in [9.17, 15) is 4.79 Å². The van der Waals surface area contributed by atoms with Gasteiger partial charge in [0.25, 0.3) is 0 Å². The van der Waals surface area contributed by atoms with E-state index >= 15 is 0 Å². The highest BCUT2D eigenvalue weighted by atomic mass is 16.2. The van der Waals surface area contributed by atoms with E-state index in [1.165, 1.54) is 0 Å². The Labute approximate surface area is 117 Å². The van der Waals surface area contributed by atoms with E-state index in [1.54, 1.807) is 10.9 Å². The molecule has 20 heavy (non-hydrogen) atoms. The summed E-state index contributed by atoms with van der Waals surface area (Å²) in [6.45, 7) is 0.421. The molecule has 2 aromatic rings. The van der Waals surface area contributed by atoms with Crippen molar-refractivity contribution in [1.29, 1.82) is 0 Å². The standard InChI is InChI=1S/C15H18N4O/c16-11-15(7-1-8-15)14(20)18-12-3-5-13(6-4-12)19-10-2-9-17-19/h2-6,9-10H,1,7-8,11,16H2,(H,18,20). The molecule has 1 aliphatic carbocycles. The molecule has 104 valence electrons. The van der Waals surface area contributed by atoms with Crippen molar-refractivity contribution in [2.75, 3.05) is 11.9 Å². The third-order valence-electron chi connectivity index (χ3n) is 4.08. The number of hydrogen-bond acceptors (Lipinski definition) is 3. The Hall–Kier alpha value is -2.14. The quantitative estimate of drug-likeness (QED) is 0.891. The maximum atomic E-state index is 12.3. The van der Waals surface area contributed by atoms with Gasteiger partial charge in [-0.15, -0.1) is 0 Å². The van der Waals surface area contributed by atoms with Gasteiger partial charge in [-0.05, 0) is 43.2 Å². The van der Waals surface area contributed by atoms with Gasteiger partial charge in [0.15, 0.2) is 0 Å². The Balaban J connectivity index is 1.71. The summed E-state index contributed by atoms with van der Waals surface area (Å²) in [6, 6.07) is 9.50. The molecule has 0 unspecified atom stereocenters. The number of rotatable bonds is 4. The lowest BCUT2D eigenvalue weighted by Crippen LogP contribution is -2.47. The first kappa shape index (κ1) is 12.9. The minimum Gasteiger partial charge on any atom is -0.329 e. The Morgan fingerprint density at radius 3 is 2.60 bits per heavy atom. The summed E-state index contributed by atoms with van der Waals surface area (Å²) in [5, 5.41) is 7.12. The molecule has 0 aliphatic heterocycles. The van der Waals surface area contributed by atoms with E-state index in [1.807, 2.05) is 36.5 Å². The lowest BCUT2D eigenvalue weighted by molar-refractivity contribution is -0.129. The van der Waals surface area contributed by atoms with Gasteiger partial charge in [0, 0.05) is 24.6 Å². The fourth-order valence-corrected chi connectivity index (χ4v) is 2.51. The van der Waals surface area contributed by atoms with Crippen LogP contribution in [-0.2, 0) is 4.79 Å². The number of aromatic nitrogens is 2. The number of amides is 1. The summed E-state index contributed by atoms with van der Waals surface area (Å²) < 4.78 is 1.78. The van der Waals surface area contributed by atoms with Crippen molar-refractivity contribution < 1.29 is 4.79 Å². The zero-order valence-corrected chi connectivity index (χ0v) is 11.2. The van der Waals surface area contributed by atoms with Gasteiger partial charge in [-0.1, -0.05) is 6.42 Å². The highest BCUT2D eigenvalue weighted by Crippen LogP contribution is 2.40. The summed E-state index contributed by atoms with van der Waals surface area (Å²) in [4.78, 5) is 12.3. The molecular weight excluding hydrogens is 252 g/mol. The molecule has 0 spiro atoms. The molecule has 0 radical (unpaired) electrons. The van der Waals surface area contributed by atoms with E-state index in [2.05, 4.69) is 10.4 Å². The molecule has 5 heteroatoms. The Bertz CT molecular complexity index is 579. The van der Waals surface area contributed by atoms with Crippen LogP contribution in [0.4, 0.5) is 5.69 Å². The lowest BCUT2D eigenvalue weighted by atomic mass is 9.68. The van der Waals surface area contributed by atoms with Crippen LogP contribution in [0.5, 0.6) is 0 Å². The van der Waals surface area contributed by atoms with Crippen molar-refractivity contribution in [2.24, 2.45) is 11.1 Å². The second-order valence-corrected chi connectivity index (χ2v) is 5.29. The van der Waals surface area contributed by atoms with Crippen LogP contribution in [0.25, 0.3) is 5.69 Å². The topological polar surface area (TPSA) is 72.9 Å². The maximum Gasteiger partial charge on any atom is 0.231 e. The number of carbonyl (C=O) groups excluding carboxylic acids is 1. The van der Waals surface area contributed by atoms with Crippen molar-refractivity contribution in [3.63, 3.8) is 0 Å². The SMILES string of the molecule is NCC1(C(=O)Nc2ccc(-n3cccn3)cc2)CCC1. The molecule has 0 atom stereocenters. The number of hydrogen-bond donors (Lipinski definition) is 2. The molecule has 1 fully saturated rings. The Morgan fingerprint density at radius 2 is 2.10 bits per heavy atom. The highest BCUT2D eigenvalue weighted by molar-refractivity contribution is 5.96. The summed E-state index contributed by atoms with van der Waals surface area (Å²) in [5.74, 6) is 0.0399. The van der Waals surface area contributed by atoms with Gasteiger partial charge in [0.05, 0.1) is 11.1 Å². The molecule has 0 bridgehead atoms. The molecule has 1 aromatic carbocycles. The van der Waals surface area contributed by atoms with Gasteiger partial charge in [-0.2, -0.15) is 5.10 Å². The maximum absolute atomic E-state index is 12.3. The number of carbonyl (C=O) groups is 1. The van der Waals surface area contributed by atoms with Crippen molar-refractivity contribution in [2.45, 2.75) is 19.3 Å². The molecule has 1 amide bonds. The molecule has 3 N–H and O–H groups in total. The summed E-state index contributed by atoms with van der Waals surface area (Å²) >= 11 is 0. The number of benzene rings is 1. The van der Waals surface area contributed by atoms with Gasteiger partial charge >= 0.3 is 0 Å². The second-order valence-electron chi connectivity index (χ2n) is 5.29. The van der Waals surface area contributed by atoms with Crippen LogP contribution >= 0.6 is 0 Å². The first-order valence-electron chi connectivity index (χ1n) is 6.85. The lowest BCUT2D eigenvalue weighted by Gasteiger charge is -2.39. The minimum atomic E-state index is -0.347. The van der Waals surface area contributed by atoms with Crippen LogP contribution < -0.4 is 11.1 Å². The predicted octanol–water partition coefficient (Wildman–Crippen LogP) is 1.94. The first-order valence-corrected chi connectivity index (χ1v) is 6.85. The monoisotopic (exact) mass is 270 g/mol. The second kappa shape index (κ2) is 5.09. The molecule has 0 saturated heterocycles. The van der Waals surface area contributed by atoms with Gasteiger partial charge < -0.3 is 11.1 Å². The molecule has 1 aromatic heterocycles. The Morgan fingerprint density at radius 1 is 1.35 bits per heavy atom. The predicted molar refractivity (Wildman–Crippen MR) is 77.5 cm³/mol. The van der Waals surface area contributed by atoms with Crippen LogP contribution in [0.1, 0.15) is 19.3 Å². The molecule has 5 nitrogen and oxygen atoms in total. The van der Waals surface area contributed by atoms with Crippen LogP contribution in [0.3, 0.4) is 0 Å². The molecule has 1 aliphatic rings. The fourth-order valence-electron chi connectivity index (χ4n) is 2.51. The largest absolute Gasteiger partial charge is 0.329 e. The van der Waals surface area contributed by atoms with Crippen molar-refractivity contribution in [3.05, 3.63) is 42.7 Å². The molecular formula is C15H18N4O. The van der Waals surface area contributed by atoms with E-state index in [0.717, 1.165) is 30.6 Å². The van der Waals surface area contributed by atoms with Crippen molar-refractivity contribution >= 4 is 11.6 Å². The Kier molecular flexibility index (Phi) is 3.28. The van der Waals surface area contributed by atoms with Crippen molar-refractivity contribution in [3.8, 4) is 5.69 Å². The third kappa shape index (κ3) is 2.20. The smallest absolute Gasteiger partial charge is 0.231 e. The van der Waals surface area contributed by atoms with Crippen molar-refractivity contribution in [1.82, 2.24) is 9.78 Å². The number of nitrogens with one attached hydrogen (secondary N) is 1. The molecule has 3 rings (SSSR count). The van der Waals surface area contributed by atoms with E-state index < -0.39 is 0 Å². The number of anilines is 1.